The van der Waals surface area contributed by atoms with Gasteiger partial charge in [-0.3, -0.25) is 4.79 Å². The van der Waals surface area contributed by atoms with Crippen molar-refractivity contribution in [3.8, 4) is 0 Å². The molecule has 0 bridgehead atoms. The molecule has 1 amide bonds. The number of nitrogens with one attached hydrogen (secondary N) is 2. The van der Waals surface area contributed by atoms with Gasteiger partial charge in [-0.2, -0.15) is 0 Å². The van der Waals surface area contributed by atoms with Crippen LogP contribution >= 0.6 is 11.8 Å². The molecule has 0 saturated heterocycles. The van der Waals surface area contributed by atoms with Crippen molar-refractivity contribution in [3.05, 3.63) is 30.3 Å². The van der Waals surface area contributed by atoms with Crippen LogP contribution in [0.2, 0.25) is 0 Å². The van der Waals surface area contributed by atoms with Crippen molar-refractivity contribution in [2.45, 2.75) is 31.1 Å². The minimum absolute atomic E-state index is 0.00255. The van der Waals surface area contributed by atoms with Gasteiger partial charge in [-0.15, -0.1) is 11.8 Å². The van der Waals surface area contributed by atoms with E-state index in [9.17, 15) is 4.79 Å². The van der Waals surface area contributed by atoms with Crippen molar-refractivity contribution < 1.29 is 9.53 Å². The molecule has 0 aromatic heterocycles. The molecule has 2 N–H and O–H groups in total. The Morgan fingerprint density at radius 3 is 2.64 bits per heavy atom. The Kier molecular flexibility index (Phi) is 9.64. The molecule has 6 nitrogen and oxygen atoms in total. The van der Waals surface area contributed by atoms with Crippen molar-refractivity contribution in [1.82, 2.24) is 15.5 Å². The molecule has 1 saturated carbocycles. The zero-order chi connectivity index (χ0) is 20.2. The summed E-state index contributed by atoms with van der Waals surface area (Å²) in [5, 5.41) is 6.81. The maximum absolute atomic E-state index is 11.9. The standard InChI is InChI=1S/C21H34N4O2S/c1-4-27-14-12-21(10-11-21)17-24-20(23-16-19(26)25(2)3)22-13-15-28-18-8-6-5-7-9-18/h5-9H,4,10-17H2,1-3H3,(H2,22,23,24). The van der Waals surface area contributed by atoms with Gasteiger partial charge >= 0.3 is 0 Å². The lowest BCUT2D eigenvalue weighted by Gasteiger charge is -2.19. The predicted molar refractivity (Wildman–Crippen MR) is 117 cm³/mol. The van der Waals surface area contributed by atoms with Gasteiger partial charge in [0.2, 0.25) is 5.91 Å². The van der Waals surface area contributed by atoms with E-state index in [-0.39, 0.29) is 12.5 Å². The highest BCUT2D eigenvalue weighted by Crippen LogP contribution is 2.48. The molecule has 1 aromatic carbocycles. The summed E-state index contributed by atoms with van der Waals surface area (Å²) in [5.41, 5.74) is 0.321. The average Bonchev–Trinajstić information content (AvgIpc) is 3.47. The fourth-order valence-corrected chi connectivity index (χ4v) is 3.50. The molecule has 156 valence electrons. The van der Waals surface area contributed by atoms with Crippen LogP contribution in [0, 0.1) is 5.41 Å². The molecular weight excluding hydrogens is 372 g/mol. The molecule has 1 aliphatic rings. The zero-order valence-corrected chi connectivity index (χ0v) is 18.2. The highest BCUT2D eigenvalue weighted by Gasteiger charge is 2.41. The lowest BCUT2D eigenvalue weighted by Crippen LogP contribution is -2.42. The lowest BCUT2D eigenvalue weighted by atomic mass is 10.0. The molecule has 0 radical (unpaired) electrons. The van der Waals surface area contributed by atoms with E-state index in [0.717, 1.165) is 38.5 Å². The lowest BCUT2D eigenvalue weighted by molar-refractivity contribution is -0.127. The van der Waals surface area contributed by atoms with E-state index in [1.165, 1.54) is 17.7 Å². The summed E-state index contributed by atoms with van der Waals surface area (Å²) >= 11 is 1.80. The van der Waals surface area contributed by atoms with E-state index < -0.39 is 0 Å². The van der Waals surface area contributed by atoms with Crippen molar-refractivity contribution in [2.75, 3.05) is 52.7 Å². The monoisotopic (exact) mass is 406 g/mol. The van der Waals surface area contributed by atoms with Crippen LogP contribution in [0.5, 0.6) is 0 Å². The molecule has 0 aliphatic heterocycles. The predicted octanol–water partition coefficient (Wildman–Crippen LogP) is 2.61. The van der Waals surface area contributed by atoms with Crippen LogP contribution in [-0.2, 0) is 9.53 Å². The first-order valence-corrected chi connectivity index (χ1v) is 11.0. The first-order valence-electron chi connectivity index (χ1n) is 10.0. The van der Waals surface area contributed by atoms with E-state index in [1.807, 2.05) is 13.0 Å². The Balaban J connectivity index is 1.80. The first-order chi connectivity index (χ1) is 13.5. The van der Waals surface area contributed by atoms with Crippen LogP contribution in [0.3, 0.4) is 0 Å². The molecule has 1 fully saturated rings. The number of aliphatic imine (C=N–C) groups is 1. The molecule has 0 unspecified atom stereocenters. The highest BCUT2D eigenvalue weighted by atomic mass is 32.2. The summed E-state index contributed by atoms with van der Waals surface area (Å²) in [7, 11) is 3.50. The number of guanidine groups is 1. The molecule has 28 heavy (non-hydrogen) atoms. The maximum atomic E-state index is 11.9. The number of amides is 1. The number of thioether (sulfide) groups is 1. The third-order valence-corrected chi connectivity index (χ3v) is 5.86. The molecule has 0 atom stereocenters. The molecule has 2 rings (SSSR count). The van der Waals surface area contributed by atoms with Gasteiger partial charge in [0.1, 0.15) is 6.54 Å². The Hall–Kier alpha value is -1.73. The fraction of sp³-hybridized carbons (Fsp3) is 0.619. The molecule has 0 spiro atoms. The normalized spacial score (nSPS) is 15.2. The minimum Gasteiger partial charge on any atom is -0.382 e. The Bertz CT molecular complexity index is 618. The minimum atomic E-state index is -0.00255. The summed E-state index contributed by atoms with van der Waals surface area (Å²) in [6.45, 7) is 5.41. The van der Waals surface area contributed by atoms with E-state index in [4.69, 9.17) is 4.74 Å². The number of hydrogen-bond donors (Lipinski definition) is 2. The van der Waals surface area contributed by atoms with Gasteiger partial charge in [0.15, 0.2) is 5.96 Å². The van der Waals surface area contributed by atoms with Crippen molar-refractivity contribution in [3.63, 3.8) is 0 Å². The van der Waals surface area contributed by atoms with Crippen LogP contribution in [0.15, 0.2) is 40.2 Å². The van der Waals surface area contributed by atoms with Gasteiger partial charge in [-0.1, -0.05) is 18.2 Å². The molecular formula is C21H34N4O2S. The van der Waals surface area contributed by atoms with Gasteiger partial charge in [-0.25, -0.2) is 4.99 Å². The quantitative estimate of drug-likeness (QED) is 0.242. The van der Waals surface area contributed by atoms with Gasteiger partial charge < -0.3 is 20.3 Å². The maximum Gasteiger partial charge on any atom is 0.243 e. The van der Waals surface area contributed by atoms with Crippen LogP contribution in [0.25, 0.3) is 0 Å². The molecule has 7 heteroatoms. The van der Waals surface area contributed by atoms with Gasteiger partial charge in [-0.05, 0) is 43.7 Å². The van der Waals surface area contributed by atoms with Crippen LogP contribution in [0.1, 0.15) is 26.2 Å². The third-order valence-electron chi connectivity index (χ3n) is 4.85. The van der Waals surface area contributed by atoms with Crippen LogP contribution in [0.4, 0.5) is 0 Å². The number of benzene rings is 1. The molecule has 0 heterocycles. The average molecular weight is 407 g/mol. The van der Waals surface area contributed by atoms with Crippen LogP contribution < -0.4 is 10.6 Å². The number of ether oxygens (including phenoxy) is 1. The van der Waals surface area contributed by atoms with Gasteiger partial charge in [0, 0.05) is 51.0 Å². The van der Waals surface area contributed by atoms with E-state index in [1.54, 1.807) is 30.8 Å². The number of carbonyl (C=O) groups is 1. The number of nitrogens with zero attached hydrogens (tertiary/aromatic N) is 2. The van der Waals surface area contributed by atoms with Crippen LogP contribution in [-0.4, -0.2) is 69.5 Å². The van der Waals surface area contributed by atoms with Gasteiger partial charge in [0.05, 0.1) is 0 Å². The Morgan fingerprint density at radius 1 is 1.25 bits per heavy atom. The first kappa shape index (κ1) is 22.6. The van der Waals surface area contributed by atoms with E-state index in [0.29, 0.717) is 11.4 Å². The smallest absolute Gasteiger partial charge is 0.243 e. The van der Waals surface area contributed by atoms with E-state index >= 15 is 0 Å². The van der Waals surface area contributed by atoms with Crippen molar-refractivity contribution >= 4 is 23.6 Å². The van der Waals surface area contributed by atoms with Gasteiger partial charge in [0.25, 0.3) is 0 Å². The fourth-order valence-electron chi connectivity index (χ4n) is 2.71. The van der Waals surface area contributed by atoms with Crippen molar-refractivity contribution in [1.29, 1.82) is 0 Å². The van der Waals surface area contributed by atoms with E-state index in [2.05, 4.69) is 39.9 Å². The number of rotatable bonds is 12. The summed E-state index contributed by atoms with van der Waals surface area (Å²) in [4.78, 5) is 19.2. The topological polar surface area (TPSA) is 66.0 Å². The SMILES string of the molecule is CCOCCC1(CNC(=NCC(=O)N(C)C)NCCSc2ccccc2)CC1. The largest absolute Gasteiger partial charge is 0.382 e. The molecule has 1 aliphatic carbocycles. The highest BCUT2D eigenvalue weighted by molar-refractivity contribution is 7.99. The summed E-state index contributed by atoms with van der Waals surface area (Å²) < 4.78 is 5.52. The second kappa shape index (κ2) is 12.0. The Morgan fingerprint density at radius 2 is 2.00 bits per heavy atom. The third kappa shape index (κ3) is 8.52. The Labute approximate surface area is 173 Å². The zero-order valence-electron chi connectivity index (χ0n) is 17.4. The van der Waals surface area contributed by atoms with Crippen molar-refractivity contribution in [2.24, 2.45) is 10.4 Å². The summed E-state index contributed by atoms with van der Waals surface area (Å²) in [6, 6.07) is 10.4. The number of hydrogen-bond acceptors (Lipinski definition) is 4. The molecule has 1 aromatic rings. The second-order valence-electron chi connectivity index (χ2n) is 7.34. The summed E-state index contributed by atoms with van der Waals surface area (Å²) in [6.07, 6.45) is 3.52. The number of carbonyl (C=O) groups excluding carboxylic acids is 1. The second-order valence-corrected chi connectivity index (χ2v) is 8.51. The number of likely N-dealkylation sites (N-methyl/N-ethyl adjacent to an activating group) is 1. The summed E-state index contributed by atoms with van der Waals surface area (Å²) in [5.74, 6) is 1.64.